The van der Waals surface area contributed by atoms with Crippen LogP contribution >= 0.6 is 0 Å². The molecule has 0 bridgehead atoms. The number of allylic oxidation sites excluding steroid dienone is 3. The average molecular weight is 353 g/mol. The molecular formula is C21H36O4. The molecular weight excluding hydrogens is 316 g/mol. The number of rotatable bonds is 15. The number of ether oxygens (including phenoxy) is 2. The Kier molecular flexibility index (Phi) is 13.3. The standard InChI is InChI=1S/C21H36O4/c1-2-3-4-5-6-7-8-9-10-11-12-13-17-21-24-18-19(25-21)15-14-16-20(22)23/h11-13,17,19,21H,2-10,14-16,18H2,1H3,(H,22,23). The van der Waals surface area contributed by atoms with Crippen molar-refractivity contribution >= 4 is 5.97 Å². The Morgan fingerprint density at radius 2 is 1.76 bits per heavy atom. The van der Waals surface area contributed by atoms with Crippen LogP contribution in [-0.4, -0.2) is 30.1 Å². The highest BCUT2D eigenvalue weighted by molar-refractivity contribution is 5.66. The van der Waals surface area contributed by atoms with E-state index in [1.165, 1.54) is 51.4 Å². The summed E-state index contributed by atoms with van der Waals surface area (Å²) in [7, 11) is 0. The van der Waals surface area contributed by atoms with Gasteiger partial charge in [0.15, 0.2) is 6.29 Å². The molecule has 4 nitrogen and oxygen atoms in total. The molecule has 0 radical (unpaired) electrons. The van der Waals surface area contributed by atoms with E-state index in [1.54, 1.807) is 0 Å². The highest BCUT2D eigenvalue weighted by Crippen LogP contribution is 2.17. The van der Waals surface area contributed by atoms with Gasteiger partial charge in [-0.3, -0.25) is 4.79 Å². The van der Waals surface area contributed by atoms with Crippen molar-refractivity contribution < 1.29 is 19.4 Å². The summed E-state index contributed by atoms with van der Waals surface area (Å²) < 4.78 is 11.2. The lowest BCUT2D eigenvalue weighted by atomic mass is 10.1. The predicted molar refractivity (Wildman–Crippen MR) is 102 cm³/mol. The van der Waals surface area contributed by atoms with Crippen molar-refractivity contribution in [3.05, 3.63) is 24.3 Å². The summed E-state index contributed by atoms with van der Waals surface area (Å²) in [5, 5.41) is 8.63. The lowest BCUT2D eigenvalue weighted by Crippen LogP contribution is -2.11. The second kappa shape index (κ2) is 15.2. The van der Waals surface area contributed by atoms with E-state index in [9.17, 15) is 4.79 Å². The second-order valence-corrected chi connectivity index (χ2v) is 6.82. The molecule has 25 heavy (non-hydrogen) atoms. The van der Waals surface area contributed by atoms with Gasteiger partial charge in [0.1, 0.15) is 0 Å². The first-order valence-electron chi connectivity index (χ1n) is 10.0. The van der Waals surface area contributed by atoms with E-state index < -0.39 is 5.97 Å². The van der Waals surface area contributed by atoms with Crippen molar-refractivity contribution in [2.75, 3.05) is 6.61 Å². The Labute approximate surface area is 153 Å². The van der Waals surface area contributed by atoms with Gasteiger partial charge in [-0.05, 0) is 31.8 Å². The van der Waals surface area contributed by atoms with E-state index in [0.717, 1.165) is 12.8 Å². The van der Waals surface area contributed by atoms with E-state index in [2.05, 4.69) is 19.1 Å². The van der Waals surface area contributed by atoms with Gasteiger partial charge in [-0.1, -0.05) is 70.1 Å². The van der Waals surface area contributed by atoms with Gasteiger partial charge in [-0.25, -0.2) is 0 Å². The largest absolute Gasteiger partial charge is 0.481 e. The van der Waals surface area contributed by atoms with E-state index in [-0.39, 0.29) is 18.8 Å². The molecule has 1 aliphatic rings. The maximum Gasteiger partial charge on any atom is 0.303 e. The number of unbranched alkanes of at least 4 members (excludes halogenated alkanes) is 8. The van der Waals surface area contributed by atoms with Crippen LogP contribution in [0.1, 0.15) is 84.0 Å². The Hall–Kier alpha value is -1.13. The van der Waals surface area contributed by atoms with Crippen LogP contribution in [0.15, 0.2) is 24.3 Å². The first-order valence-corrected chi connectivity index (χ1v) is 10.0. The number of hydrogen-bond acceptors (Lipinski definition) is 3. The first kappa shape index (κ1) is 21.9. The predicted octanol–water partition coefficient (Wildman–Crippen LogP) is 5.63. The van der Waals surface area contributed by atoms with Gasteiger partial charge in [0, 0.05) is 6.42 Å². The summed E-state index contributed by atoms with van der Waals surface area (Å²) in [6.45, 7) is 2.81. The molecule has 144 valence electrons. The van der Waals surface area contributed by atoms with E-state index in [0.29, 0.717) is 13.0 Å². The highest BCUT2D eigenvalue weighted by Gasteiger charge is 2.23. The highest BCUT2D eigenvalue weighted by atomic mass is 16.7. The van der Waals surface area contributed by atoms with Gasteiger partial charge in [-0.15, -0.1) is 0 Å². The number of carboxylic acids is 1. The van der Waals surface area contributed by atoms with Crippen LogP contribution in [0, 0.1) is 0 Å². The fourth-order valence-electron chi connectivity index (χ4n) is 2.93. The Morgan fingerprint density at radius 3 is 2.48 bits per heavy atom. The summed E-state index contributed by atoms with van der Waals surface area (Å²) >= 11 is 0. The fourth-order valence-corrected chi connectivity index (χ4v) is 2.93. The normalized spacial score (nSPS) is 20.8. The van der Waals surface area contributed by atoms with Gasteiger partial charge >= 0.3 is 5.97 Å². The van der Waals surface area contributed by atoms with Crippen LogP contribution in [0.2, 0.25) is 0 Å². The third-order valence-electron chi connectivity index (χ3n) is 4.43. The van der Waals surface area contributed by atoms with Crippen molar-refractivity contribution in [3.63, 3.8) is 0 Å². The van der Waals surface area contributed by atoms with E-state index >= 15 is 0 Å². The smallest absolute Gasteiger partial charge is 0.303 e. The van der Waals surface area contributed by atoms with Crippen molar-refractivity contribution in [1.82, 2.24) is 0 Å². The van der Waals surface area contributed by atoms with Gasteiger partial charge < -0.3 is 14.6 Å². The molecule has 2 atom stereocenters. The number of carbonyl (C=O) groups is 1. The SMILES string of the molecule is CCCCCCCCCCC=CC=CC1OCC(CCCC(=O)O)O1. The van der Waals surface area contributed by atoms with Crippen molar-refractivity contribution in [2.45, 2.75) is 96.4 Å². The third kappa shape index (κ3) is 12.8. The minimum Gasteiger partial charge on any atom is -0.481 e. The topological polar surface area (TPSA) is 55.8 Å². The average Bonchev–Trinajstić information content (AvgIpc) is 3.03. The Morgan fingerprint density at radius 1 is 1.04 bits per heavy atom. The molecule has 2 unspecified atom stereocenters. The summed E-state index contributed by atoms with van der Waals surface area (Å²) in [5.74, 6) is -0.753. The zero-order chi connectivity index (χ0) is 18.2. The quantitative estimate of drug-likeness (QED) is 0.307. The third-order valence-corrected chi connectivity index (χ3v) is 4.43. The first-order chi connectivity index (χ1) is 12.2. The van der Waals surface area contributed by atoms with Gasteiger partial charge in [0.2, 0.25) is 0 Å². The Balaban J connectivity index is 1.95. The number of aliphatic carboxylic acids is 1. The van der Waals surface area contributed by atoms with Crippen LogP contribution < -0.4 is 0 Å². The summed E-state index contributed by atoms with van der Waals surface area (Å²) in [6.07, 6.45) is 21.4. The van der Waals surface area contributed by atoms with Crippen molar-refractivity contribution in [3.8, 4) is 0 Å². The van der Waals surface area contributed by atoms with Crippen LogP contribution in [0.3, 0.4) is 0 Å². The molecule has 1 saturated heterocycles. The van der Waals surface area contributed by atoms with Crippen molar-refractivity contribution in [2.24, 2.45) is 0 Å². The van der Waals surface area contributed by atoms with E-state index in [1.807, 2.05) is 12.2 Å². The molecule has 0 aromatic carbocycles. The van der Waals surface area contributed by atoms with E-state index in [4.69, 9.17) is 14.6 Å². The molecule has 0 aromatic rings. The minimum atomic E-state index is -0.753. The zero-order valence-electron chi connectivity index (χ0n) is 15.8. The molecule has 1 rings (SSSR count). The van der Waals surface area contributed by atoms with Crippen LogP contribution in [0.4, 0.5) is 0 Å². The van der Waals surface area contributed by atoms with Crippen LogP contribution in [0.5, 0.6) is 0 Å². The lowest BCUT2D eigenvalue weighted by molar-refractivity contribution is -0.137. The molecule has 0 spiro atoms. The van der Waals surface area contributed by atoms with Crippen LogP contribution in [-0.2, 0) is 14.3 Å². The maximum absolute atomic E-state index is 10.5. The molecule has 0 amide bonds. The Bertz CT molecular complexity index is 389. The molecule has 4 heteroatoms. The second-order valence-electron chi connectivity index (χ2n) is 6.82. The fraction of sp³-hybridized carbons (Fsp3) is 0.762. The molecule has 1 N–H and O–H groups in total. The number of hydrogen-bond donors (Lipinski definition) is 1. The zero-order valence-corrected chi connectivity index (χ0v) is 15.8. The summed E-state index contributed by atoms with van der Waals surface area (Å²) in [4.78, 5) is 10.5. The summed E-state index contributed by atoms with van der Waals surface area (Å²) in [6, 6.07) is 0. The van der Waals surface area contributed by atoms with Crippen LogP contribution in [0.25, 0.3) is 0 Å². The maximum atomic E-state index is 10.5. The molecule has 1 aliphatic heterocycles. The molecule has 0 saturated carbocycles. The van der Waals surface area contributed by atoms with Gasteiger partial charge in [0.05, 0.1) is 12.7 Å². The summed E-state index contributed by atoms with van der Waals surface area (Å²) in [5.41, 5.74) is 0. The minimum absolute atomic E-state index is 0.0234. The molecule has 1 fully saturated rings. The van der Waals surface area contributed by atoms with Gasteiger partial charge in [0.25, 0.3) is 0 Å². The molecule has 0 aromatic heterocycles. The molecule has 1 heterocycles. The number of carboxylic acid groups (broad SMARTS) is 1. The van der Waals surface area contributed by atoms with Gasteiger partial charge in [-0.2, -0.15) is 0 Å². The lowest BCUT2D eigenvalue weighted by Gasteiger charge is -2.07. The van der Waals surface area contributed by atoms with Crippen molar-refractivity contribution in [1.29, 1.82) is 0 Å². The molecule has 0 aliphatic carbocycles. The monoisotopic (exact) mass is 352 g/mol.